The Kier molecular flexibility index (Phi) is 2.85. The number of pyridine rings is 1. The zero-order valence-electron chi connectivity index (χ0n) is 9.22. The van der Waals surface area contributed by atoms with Gasteiger partial charge in [-0.05, 0) is 12.1 Å². The number of nitrogens with zero attached hydrogens (tertiary/aromatic N) is 4. The molecule has 0 aliphatic carbocycles. The summed E-state index contributed by atoms with van der Waals surface area (Å²) in [5.41, 5.74) is 1.01. The lowest BCUT2D eigenvalue weighted by molar-refractivity contribution is 0.553. The van der Waals surface area contributed by atoms with Crippen molar-refractivity contribution in [1.29, 1.82) is 0 Å². The van der Waals surface area contributed by atoms with Crippen LogP contribution in [0.25, 0.3) is 0 Å². The molecular formula is C11H16N4. The van der Waals surface area contributed by atoms with Crippen LogP contribution in [0.2, 0.25) is 0 Å². The van der Waals surface area contributed by atoms with E-state index < -0.39 is 0 Å². The predicted octanol–water partition coefficient (Wildman–Crippen LogP) is 0.815. The molecule has 0 N–H and O–H groups in total. The maximum atomic E-state index is 4.56. The smallest absolute Gasteiger partial charge is 0.196 e. The Labute approximate surface area is 90.2 Å². The highest BCUT2D eigenvalue weighted by molar-refractivity contribution is 5.81. The summed E-state index contributed by atoms with van der Waals surface area (Å²) in [5, 5.41) is 0. The molecule has 2 heterocycles. The molecule has 0 saturated carbocycles. The maximum absolute atomic E-state index is 4.56. The van der Waals surface area contributed by atoms with Crippen molar-refractivity contribution >= 4 is 5.96 Å². The van der Waals surface area contributed by atoms with Crippen LogP contribution >= 0.6 is 0 Å². The number of likely N-dealkylation sites (N-methyl/N-ethyl adjacent to an activating group) is 2. The second-order valence-corrected chi connectivity index (χ2v) is 3.78. The lowest BCUT2D eigenvalue weighted by Gasteiger charge is -2.15. The third-order valence-corrected chi connectivity index (χ3v) is 2.56. The number of hydrogen-bond acceptors (Lipinski definition) is 2. The molecule has 15 heavy (non-hydrogen) atoms. The van der Waals surface area contributed by atoms with Gasteiger partial charge in [0.25, 0.3) is 0 Å². The summed E-state index contributed by atoms with van der Waals surface area (Å²) in [6, 6.07) is 5.91. The van der Waals surface area contributed by atoms with E-state index in [1.54, 1.807) is 6.20 Å². The van der Waals surface area contributed by atoms with Crippen LogP contribution in [0, 0.1) is 0 Å². The Morgan fingerprint density at radius 3 is 2.60 bits per heavy atom. The third-order valence-electron chi connectivity index (χ3n) is 2.56. The fraction of sp³-hybridized carbons (Fsp3) is 0.455. The molecule has 0 unspecified atom stereocenters. The van der Waals surface area contributed by atoms with Crippen LogP contribution < -0.4 is 0 Å². The molecule has 1 aliphatic heterocycles. The van der Waals surface area contributed by atoms with Crippen LogP contribution in [0.15, 0.2) is 29.4 Å². The SMILES string of the molecule is CN1CCN(C)C1=NCc1ccccn1. The summed E-state index contributed by atoms with van der Waals surface area (Å²) < 4.78 is 0. The second kappa shape index (κ2) is 4.29. The molecule has 0 aromatic carbocycles. The predicted molar refractivity (Wildman–Crippen MR) is 60.6 cm³/mol. The molecule has 1 saturated heterocycles. The molecule has 80 valence electrons. The molecule has 1 aliphatic rings. The standard InChI is InChI=1S/C11H16N4/c1-14-7-8-15(2)11(14)13-9-10-5-3-4-6-12-10/h3-6H,7-9H2,1-2H3. The first-order valence-electron chi connectivity index (χ1n) is 5.14. The molecule has 1 aromatic heterocycles. The van der Waals surface area contributed by atoms with Gasteiger partial charge in [-0.2, -0.15) is 0 Å². The van der Waals surface area contributed by atoms with E-state index in [-0.39, 0.29) is 0 Å². The molecule has 1 aromatic rings. The van der Waals surface area contributed by atoms with E-state index in [4.69, 9.17) is 0 Å². The van der Waals surface area contributed by atoms with Crippen LogP contribution in [0.4, 0.5) is 0 Å². The Hall–Kier alpha value is -1.58. The van der Waals surface area contributed by atoms with E-state index in [1.807, 2.05) is 18.2 Å². The quantitative estimate of drug-likeness (QED) is 0.714. The van der Waals surface area contributed by atoms with E-state index in [1.165, 1.54) is 0 Å². The Bertz CT molecular complexity index is 335. The molecule has 0 bridgehead atoms. The normalized spacial score (nSPS) is 16.0. The lowest BCUT2D eigenvalue weighted by atomic mass is 10.3. The highest BCUT2D eigenvalue weighted by atomic mass is 15.4. The topological polar surface area (TPSA) is 31.7 Å². The third kappa shape index (κ3) is 2.26. The summed E-state index contributed by atoms with van der Waals surface area (Å²) in [7, 11) is 4.14. The zero-order valence-corrected chi connectivity index (χ0v) is 9.22. The number of aliphatic imine (C=N–C) groups is 1. The van der Waals surface area contributed by atoms with Crippen molar-refractivity contribution in [2.75, 3.05) is 27.2 Å². The summed E-state index contributed by atoms with van der Waals surface area (Å²) in [4.78, 5) is 13.1. The first-order chi connectivity index (χ1) is 7.27. The van der Waals surface area contributed by atoms with Gasteiger partial charge in [-0.25, -0.2) is 4.99 Å². The van der Waals surface area contributed by atoms with Crippen molar-refractivity contribution < 1.29 is 0 Å². The summed E-state index contributed by atoms with van der Waals surface area (Å²) in [6.07, 6.45) is 1.80. The first kappa shape index (κ1) is 9.96. The maximum Gasteiger partial charge on any atom is 0.196 e. The lowest BCUT2D eigenvalue weighted by Crippen LogP contribution is -2.28. The van der Waals surface area contributed by atoms with E-state index in [0.717, 1.165) is 24.7 Å². The van der Waals surface area contributed by atoms with Crippen LogP contribution in [0.1, 0.15) is 5.69 Å². The molecule has 0 radical (unpaired) electrons. The van der Waals surface area contributed by atoms with Gasteiger partial charge in [0.1, 0.15) is 0 Å². The molecule has 0 amide bonds. The van der Waals surface area contributed by atoms with Gasteiger partial charge in [0, 0.05) is 33.4 Å². The van der Waals surface area contributed by atoms with E-state index >= 15 is 0 Å². The van der Waals surface area contributed by atoms with E-state index in [0.29, 0.717) is 6.54 Å². The molecule has 0 spiro atoms. The highest BCUT2D eigenvalue weighted by Gasteiger charge is 2.18. The van der Waals surface area contributed by atoms with Crippen molar-refractivity contribution in [2.24, 2.45) is 4.99 Å². The minimum absolute atomic E-state index is 0.658. The molecule has 2 rings (SSSR count). The van der Waals surface area contributed by atoms with Crippen LogP contribution in [0.3, 0.4) is 0 Å². The van der Waals surface area contributed by atoms with Crippen LogP contribution in [-0.4, -0.2) is 47.9 Å². The largest absolute Gasteiger partial charge is 0.344 e. The van der Waals surface area contributed by atoms with Gasteiger partial charge in [-0.1, -0.05) is 6.07 Å². The van der Waals surface area contributed by atoms with Crippen molar-refractivity contribution in [3.8, 4) is 0 Å². The van der Waals surface area contributed by atoms with Gasteiger partial charge in [0.05, 0.1) is 12.2 Å². The first-order valence-corrected chi connectivity index (χ1v) is 5.14. The monoisotopic (exact) mass is 204 g/mol. The molecule has 0 atom stereocenters. The van der Waals surface area contributed by atoms with Gasteiger partial charge in [0.2, 0.25) is 0 Å². The fourth-order valence-electron chi connectivity index (χ4n) is 1.68. The number of hydrogen-bond donors (Lipinski definition) is 0. The van der Waals surface area contributed by atoms with Gasteiger partial charge < -0.3 is 9.80 Å². The van der Waals surface area contributed by atoms with Crippen molar-refractivity contribution in [1.82, 2.24) is 14.8 Å². The van der Waals surface area contributed by atoms with Gasteiger partial charge >= 0.3 is 0 Å². The minimum atomic E-state index is 0.658. The molecular weight excluding hydrogens is 188 g/mol. The summed E-state index contributed by atoms with van der Waals surface area (Å²) in [6.45, 7) is 2.76. The van der Waals surface area contributed by atoms with E-state index in [9.17, 15) is 0 Å². The Morgan fingerprint density at radius 2 is 2.00 bits per heavy atom. The second-order valence-electron chi connectivity index (χ2n) is 3.78. The van der Waals surface area contributed by atoms with Crippen molar-refractivity contribution in [3.63, 3.8) is 0 Å². The van der Waals surface area contributed by atoms with Crippen LogP contribution in [-0.2, 0) is 6.54 Å². The zero-order chi connectivity index (χ0) is 10.7. The summed E-state index contributed by atoms with van der Waals surface area (Å²) in [5.74, 6) is 1.06. The van der Waals surface area contributed by atoms with Gasteiger partial charge in [-0.3, -0.25) is 4.98 Å². The average Bonchev–Trinajstić information content (AvgIpc) is 2.58. The van der Waals surface area contributed by atoms with Gasteiger partial charge in [0.15, 0.2) is 5.96 Å². The van der Waals surface area contributed by atoms with Crippen molar-refractivity contribution in [3.05, 3.63) is 30.1 Å². The summed E-state index contributed by atoms with van der Waals surface area (Å²) >= 11 is 0. The minimum Gasteiger partial charge on any atom is -0.344 e. The Morgan fingerprint density at radius 1 is 1.27 bits per heavy atom. The van der Waals surface area contributed by atoms with Crippen LogP contribution in [0.5, 0.6) is 0 Å². The van der Waals surface area contributed by atoms with E-state index in [2.05, 4.69) is 33.9 Å². The number of aromatic nitrogens is 1. The highest BCUT2D eigenvalue weighted by Crippen LogP contribution is 2.05. The number of rotatable bonds is 2. The van der Waals surface area contributed by atoms with Crippen molar-refractivity contribution in [2.45, 2.75) is 6.54 Å². The molecule has 1 fully saturated rings. The van der Waals surface area contributed by atoms with Gasteiger partial charge in [-0.15, -0.1) is 0 Å². The number of guanidine groups is 1. The fourth-order valence-corrected chi connectivity index (χ4v) is 1.68. The average molecular weight is 204 g/mol. The Balaban J connectivity index is 2.05. The molecule has 4 nitrogen and oxygen atoms in total. The molecule has 4 heteroatoms.